The summed E-state index contributed by atoms with van der Waals surface area (Å²) in [6.07, 6.45) is 41.1. The summed E-state index contributed by atoms with van der Waals surface area (Å²) in [5.41, 5.74) is 0. The van der Waals surface area contributed by atoms with Crippen molar-refractivity contribution in [2.75, 3.05) is 19.0 Å². The van der Waals surface area contributed by atoms with Crippen LogP contribution >= 0.6 is 0 Å². The van der Waals surface area contributed by atoms with Crippen molar-refractivity contribution in [1.29, 1.82) is 0 Å². The molecular weight excluding hydrogens is 837 g/mol. The van der Waals surface area contributed by atoms with Gasteiger partial charge in [0.2, 0.25) is 0 Å². The molecule has 0 aromatic carbocycles. The Hall–Kier alpha value is -2.65. The Bertz CT molecular complexity index is 1410. The van der Waals surface area contributed by atoms with Crippen molar-refractivity contribution in [3.8, 4) is 0 Å². The molecule has 1 rings (SSSR count). The Labute approximate surface area is 387 Å². The molecule has 1 saturated heterocycles. The van der Waals surface area contributed by atoms with Gasteiger partial charge in [0.1, 0.15) is 36.8 Å². The lowest BCUT2D eigenvalue weighted by molar-refractivity contribution is -0.297. The molecule has 0 radical (unpaired) electrons. The molecule has 1 heterocycles. The van der Waals surface area contributed by atoms with E-state index in [-0.39, 0.29) is 19.4 Å². The molecule has 0 aromatic heterocycles. The molecule has 0 saturated carbocycles. The van der Waals surface area contributed by atoms with E-state index in [9.17, 15) is 37.9 Å². The van der Waals surface area contributed by atoms with E-state index in [2.05, 4.69) is 74.6 Å². The van der Waals surface area contributed by atoms with E-state index in [1.165, 1.54) is 89.9 Å². The molecule has 1 aliphatic heterocycles. The van der Waals surface area contributed by atoms with E-state index in [0.717, 1.165) is 64.2 Å². The summed E-state index contributed by atoms with van der Waals surface area (Å²) in [7, 11) is -4.61. The second-order valence-electron chi connectivity index (χ2n) is 17.1. The zero-order valence-electron chi connectivity index (χ0n) is 39.6. The molecule has 0 aliphatic carbocycles. The lowest BCUT2D eigenvalue weighted by atomic mass is 10.00. The summed E-state index contributed by atoms with van der Waals surface area (Å²) < 4.78 is 54.2. The maximum Gasteiger partial charge on any atom is 0.306 e. The molecule has 0 spiro atoms. The van der Waals surface area contributed by atoms with E-state index in [1.807, 2.05) is 0 Å². The van der Waals surface area contributed by atoms with Crippen LogP contribution in [-0.4, -0.2) is 96.0 Å². The number of aliphatic hydroxyl groups is 3. The van der Waals surface area contributed by atoms with Gasteiger partial charge in [0.05, 0.1) is 6.61 Å². The molecular formula is C51H88O12S. The zero-order valence-corrected chi connectivity index (χ0v) is 40.4. The van der Waals surface area contributed by atoms with E-state index in [0.29, 0.717) is 12.8 Å². The molecule has 1 aliphatic rings. The topological polar surface area (TPSA) is 186 Å². The fourth-order valence-electron chi connectivity index (χ4n) is 7.18. The Balaban J connectivity index is 2.43. The van der Waals surface area contributed by atoms with Crippen molar-refractivity contribution in [1.82, 2.24) is 0 Å². The highest BCUT2D eigenvalue weighted by Gasteiger charge is 2.46. The largest absolute Gasteiger partial charge is 0.462 e. The van der Waals surface area contributed by atoms with Gasteiger partial charge < -0.3 is 34.3 Å². The predicted octanol–water partition coefficient (Wildman–Crippen LogP) is 10.9. The summed E-state index contributed by atoms with van der Waals surface area (Å²) in [5, 5.41) is 30.9. The monoisotopic (exact) mass is 925 g/mol. The van der Waals surface area contributed by atoms with Gasteiger partial charge in [-0.3, -0.25) is 14.1 Å². The molecule has 0 aromatic rings. The Morgan fingerprint density at radius 3 is 1.45 bits per heavy atom. The summed E-state index contributed by atoms with van der Waals surface area (Å²) in [6, 6.07) is 0. The molecule has 64 heavy (non-hydrogen) atoms. The highest BCUT2D eigenvalue weighted by atomic mass is 32.2. The van der Waals surface area contributed by atoms with Gasteiger partial charge >= 0.3 is 11.9 Å². The number of hydrogen-bond donors (Lipinski definition) is 4. The van der Waals surface area contributed by atoms with Crippen LogP contribution in [0.2, 0.25) is 0 Å². The normalized spacial score (nSPS) is 20.1. The molecule has 2 unspecified atom stereocenters. The van der Waals surface area contributed by atoms with Crippen LogP contribution in [0.15, 0.2) is 60.8 Å². The lowest BCUT2D eigenvalue weighted by Crippen LogP contribution is -2.60. The van der Waals surface area contributed by atoms with Crippen LogP contribution < -0.4 is 0 Å². The summed E-state index contributed by atoms with van der Waals surface area (Å²) >= 11 is 0. The third kappa shape index (κ3) is 34.7. The second kappa shape index (κ2) is 40.6. The molecule has 0 amide bonds. The van der Waals surface area contributed by atoms with Crippen LogP contribution in [0.5, 0.6) is 0 Å². The minimum absolute atomic E-state index is 0.153. The number of allylic oxidation sites excluding steroid dienone is 10. The first-order valence-corrected chi connectivity index (χ1v) is 26.5. The van der Waals surface area contributed by atoms with Crippen molar-refractivity contribution >= 4 is 22.1 Å². The van der Waals surface area contributed by atoms with Crippen LogP contribution in [0, 0.1) is 0 Å². The number of carbonyl (C=O) groups is 2. The first-order chi connectivity index (χ1) is 31.0. The third-order valence-corrected chi connectivity index (χ3v) is 11.8. The number of carbonyl (C=O) groups excluding carboxylic acids is 2. The number of esters is 2. The van der Waals surface area contributed by atoms with Gasteiger partial charge in [0.25, 0.3) is 10.1 Å². The minimum Gasteiger partial charge on any atom is -0.462 e. The average molecular weight is 925 g/mol. The van der Waals surface area contributed by atoms with Gasteiger partial charge in [-0.2, -0.15) is 8.42 Å². The van der Waals surface area contributed by atoms with Gasteiger partial charge in [-0.05, 0) is 83.5 Å². The van der Waals surface area contributed by atoms with Crippen LogP contribution in [0.3, 0.4) is 0 Å². The number of rotatable bonds is 41. The highest BCUT2D eigenvalue weighted by molar-refractivity contribution is 7.85. The van der Waals surface area contributed by atoms with Gasteiger partial charge in [-0.25, -0.2) is 0 Å². The number of aliphatic hydroxyl groups excluding tert-OH is 3. The zero-order chi connectivity index (χ0) is 46.9. The summed E-state index contributed by atoms with van der Waals surface area (Å²) in [5.74, 6) is -2.03. The van der Waals surface area contributed by atoms with Crippen molar-refractivity contribution in [3.63, 3.8) is 0 Å². The smallest absolute Gasteiger partial charge is 0.306 e. The van der Waals surface area contributed by atoms with Crippen molar-refractivity contribution in [2.24, 2.45) is 0 Å². The standard InChI is InChI=1S/C51H88O12S/c1-3-5-7-9-11-13-15-17-19-21-22-24-25-27-29-31-33-35-37-39-46(52)60-41-44(42-61-51-50(56)49(55)48(54)45(63-51)43-64(57,58)59)62-47(53)40-38-36-34-32-30-28-26-23-20-18-16-14-12-10-8-6-4-2/h11,13-14,16-17,19,22,24,27,29,44-45,48-51,54-56H,3-10,12,15,18,20-21,23,25-26,28,30-43H2,1-2H3,(H,57,58,59)/b13-11+,16-14+,19-17+,24-22+,29-27+/t44-,45-,48-,49?,50?,51+/m1/s1. The van der Waals surface area contributed by atoms with E-state index in [4.69, 9.17) is 18.9 Å². The first-order valence-electron chi connectivity index (χ1n) is 24.8. The number of ether oxygens (including phenoxy) is 4. The molecule has 6 atom stereocenters. The predicted molar refractivity (Wildman–Crippen MR) is 256 cm³/mol. The molecule has 12 nitrogen and oxygen atoms in total. The highest BCUT2D eigenvalue weighted by Crippen LogP contribution is 2.24. The maximum absolute atomic E-state index is 12.9. The molecule has 370 valence electrons. The van der Waals surface area contributed by atoms with E-state index >= 15 is 0 Å². The second-order valence-corrected chi connectivity index (χ2v) is 18.6. The van der Waals surface area contributed by atoms with Gasteiger partial charge in [0.15, 0.2) is 12.4 Å². The fourth-order valence-corrected chi connectivity index (χ4v) is 7.87. The van der Waals surface area contributed by atoms with Crippen LogP contribution in [-0.2, 0) is 38.7 Å². The molecule has 4 N–H and O–H groups in total. The summed E-state index contributed by atoms with van der Waals surface area (Å²) in [4.78, 5) is 25.5. The van der Waals surface area contributed by atoms with Crippen LogP contribution in [0.25, 0.3) is 0 Å². The number of hydrogen-bond acceptors (Lipinski definition) is 11. The SMILES string of the molecule is CCCCC/C=C/C/C=C/C/C=C/C/C=C/CCCCCC(=O)OC[C@H](CO[C@H]1O[C@H](CS(=O)(=O)O)[C@@H](O)C(O)C1O)OC(=O)CCCCCCCCCCC/C=C/CCCCCC. The fraction of sp³-hybridized carbons (Fsp3) is 0.765. The molecule has 0 bridgehead atoms. The van der Waals surface area contributed by atoms with Crippen LogP contribution in [0.4, 0.5) is 0 Å². The minimum atomic E-state index is -4.61. The number of unbranched alkanes of at least 4 members (excludes halogenated alkanes) is 19. The molecule has 1 fully saturated rings. The van der Waals surface area contributed by atoms with E-state index in [1.54, 1.807) is 0 Å². The Morgan fingerprint density at radius 1 is 0.531 bits per heavy atom. The van der Waals surface area contributed by atoms with E-state index < -0.39 is 71.2 Å². The van der Waals surface area contributed by atoms with Crippen molar-refractivity contribution in [2.45, 2.75) is 230 Å². The summed E-state index contributed by atoms with van der Waals surface area (Å²) in [6.45, 7) is 3.70. The first kappa shape index (κ1) is 59.4. The van der Waals surface area contributed by atoms with Crippen molar-refractivity contribution < 1.29 is 56.8 Å². The molecule has 13 heteroatoms. The Kier molecular flexibility index (Phi) is 37.7. The average Bonchev–Trinajstić information content (AvgIpc) is 3.26. The van der Waals surface area contributed by atoms with Crippen LogP contribution in [0.1, 0.15) is 194 Å². The van der Waals surface area contributed by atoms with Gasteiger partial charge in [-0.15, -0.1) is 0 Å². The lowest BCUT2D eigenvalue weighted by Gasteiger charge is -2.40. The maximum atomic E-state index is 12.9. The van der Waals surface area contributed by atoms with Gasteiger partial charge in [-0.1, -0.05) is 158 Å². The van der Waals surface area contributed by atoms with Gasteiger partial charge in [0, 0.05) is 12.8 Å². The Morgan fingerprint density at radius 2 is 0.938 bits per heavy atom. The quantitative estimate of drug-likeness (QED) is 0.0197. The third-order valence-electron chi connectivity index (χ3n) is 11.1. The van der Waals surface area contributed by atoms with Crippen molar-refractivity contribution in [3.05, 3.63) is 60.8 Å².